The van der Waals surface area contributed by atoms with Gasteiger partial charge < -0.3 is 9.47 Å². The molecule has 0 amide bonds. The highest BCUT2D eigenvalue weighted by Gasteiger charge is 2.28. The summed E-state index contributed by atoms with van der Waals surface area (Å²) in [6.07, 6.45) is 15.7. The maximum atomic E-state index is 12.4. The molecule has 2 fully saturated rings. The maximum Gasteiger partial charge on any atom is 0.314 e. The number of methoxy groups -OCH3 is 1. The Balaban J connectivity index is 1.35. The molecule has 0 atom stereocenters. The van der Waals surface area contributed by atoms with Gasteiger partial charge in [0, 0.05) is 6.07 Å². The zero-order chi connectivity index (χ0) is 19.1. The molecule has 1 aromatic rings. The van der Waals surface area contributed by atoms with Crippen LogP contribution in [0.25, 0.3) is 0 Å². The third-order valence-electron chi connectivity index (χ3n) is 6.84. The lowest BCUT2D eigenvalue weighted by molar-refractivity contribution is -0.140. The normalized spacial score (nSPS) is 28.5. The highest BCUT2D eigenvalue weighted by atomic mass is 16.5. The van der Waals surface area contributed by atoms with E-state index < -0.39 is 0 Å². The molecule has 2 aliphatic carbocycles. The molecule has 0 aliphatic heterocycles. The van der Waals surface area contributed by atoms with Gasteiger partial charge in [-0.05, 0) is 49.5 Å². The van der Waals surface area contributed by atoms with E-state index in [9.17, 15) is 4.79 Å². The SMILES string of the molecule is CCC1CCC(CCC2CCC(C(=O)Oc3ccc(OC)nc3)CC2)CC1. The van der Waals surface area contributed by atoms with Gasteiger partial charge in [0.25, 0.3) is 0 Å². The van der Waals surface area contributed by atoms with Crippen LogP contribution in [-0.4, -0.2) is 18.1 Å². The average molecular weight is 374 g/mol. The van der Waals surface area contributed by atoms with Gasteiger partial charge in [-0.1, -0.05) is 51.9 Å². The largest absolute Gasteiger partial charge is 0.481 e. The minimum Gasteiger partial charge on any atom is -0.481 e. The summed E-state index contributed by atoms with van der Waals surface area (Å²) >= 11 is 0. The van der Waals surface area contributed by atoms with Gasteiger partial charge in [-0.2, -0.15) is 0 Å². The molecule has 0 spiro atoms. The molecule has 1 heterocycles. The molecule has 2 aliphatic rings. The van der Waals surface area contributed by atoms with E-state index in [1.807, 2.05) is 0 Å². The van der Waals surface area contributed by atoms with Crippen molar-refractivity contribution in [2.24, 2.45) is 23.7 Å². The Kier molecular flexibility index (Phi) is 7.54. The van der Waals surface area contributed by atoms with Crippen molar-refractivity contribution in [2.45, 2.75) is 77.6 Å². The summed E-state index contributed by atoms with van der Waals surface area (Å²) in [5.74, 6) is 3.73. The molecule has 3 rings (SSSR count). The summed E-state index contributed by atoms with van der Waals surface area (Å²) in [5, 5.41) is 0. The van der Waals surface area contributed by atoms with Gasteiger partial charge in [0.1, 0.15) is 5.75 Å². The van der Waals surface area contributed by atoms with Gasteiger partial charge in [0.2, 0.25) is 5.88 Å². The summed E-state index contributed by atoms with van der Waals surface area (Å²) in [5.41, 5.74) is 0. The standard InChI is InChI=1S/C23H35NO3/c1-3-17-4-6-18(7-5-17)8-9-19-10-12-20(13-11-19)23(25)27-21-14-15-22(26-2)24-16-21/h14-20H,3-13H2,1-2H3. The quantitative estimate of drug-likeness (QED) is 0.567. The van der Waals surface area contributed by atoms with Crippen molar-refractivity contribution in [3.05, 3.63) is 18.3 Å². The zero-order valence-electron chi connectivity index (χ0n) is 17.0. The van der Waals surface area contributed by atoms with Crippen LogP contribution in [0.4, 0.5) is 0 Å². The Morgan fingerprint density at radius 2 is 1.56 bits per heavy atom. The number of esters is 1. The summed E-state index contributed by atoms with van der Waals surface area (Å²) < 4.78 is 10.5. The van der Waals surface area contributed by atoms with E-state index in [2.05, 4.69) is 11.9 Å². The topological polar surface area (TPSA) is 48.4 Å². The predicted octanol–water partition coefficient (Wildman–Crippen LogP) is 5.80. The number of pyridine rings is 1. The number of carbonyl (C=O) groups excluding carboxylic acids is 1. The monoisotopic (exact) mass is 373 g/mol. The van der Waals surface area contributed by atoms with Gasteiger partial charge >= 0.3 is 5.97 Å². The van der Waals surface area contributed by atoms with Crippen LogP contribution in [0.2, 0.25) is 0 Å². The number of hydrogen-bond donors (Lipinski definition) is 0. The van der Waals surface area contributed by atoms with E-state index in [0.717, 1.165) is 30.6 Å². The van der Waals surface area contributed by atoms with E-state index >= 15 is 0 Å². The molecule has 0 N–H and O–H groups in total. The van der Waals surface area contributed by atoms with Crippen LogP contribution in [0.5, 0.6) is 11.6 Å². The first-order chi connectivity index (χ1) is 13.2. The lowest BCUT2D eigenvalue weighted by atomic mass is 9.75. The highest BCUT2D eigenvalue weighted by molar-refractivity contribution is 5.75. The van der Waals surface area contributed by atoms with Crippen molar-refractivity contribution < 1.29 is 14.3 Å². The summed E-state index contributed by atoms with van der Waals surface area (Å²) in [7, 11) is 1.57. The smallest absolute Gasteiger partial charge is 0.314 e. The van der Waals surface area contributed by atoms with E-state index in [-0.39, 0.29) is 11.9 Å². The maximum absolute atomic E-state index is 12.4. The van der Waals surface area contributed by atoms with Crippen molar-refractivity contribution in [3.63, 3.8) is 0 Å². The molecule has 1 aromatic heterocycles. The van der Waals surface area contributed by atoms with E-state index in [0.29, 0.717) is 11.6 Å². The van der Waals surface area contributed by atoms with Gasteiger partial charge in [0.15, 0.2) is 0 Å². The van der Waals surface area contributed by atoms with Crippen LogP contribution in [0.3, 0.4) is 0 Å². The summed E-state index contributed by atoms with van der Waals surface area (Å²) in [6.45, 7) is 2.33. The summed E-state index contributed by atoms with van der Waals surface area (Å²) in [4.78, 5) is 16.5. The van der Waals surface area contributed by atoms with Gasteiger partial charge in [-0.25, -0.2) is 4.98 Å². The van der Waals surface area contributed by atoms with Gasteiger partial charge in [-0.15, -0.1) is 0 Å². The third-order valence-corrected chi connectivity index (χ3v) is 6.84. The molecule has 0 aromatic carbocycles. The average Bonchev–Trinajstić information content (AvgIpc) is 2.73. The minimum atomic E-state index is -0.0988. The van der Waals surface area contributed by atoms with Crippen LogP contribution < -0.4 is 9.47 Å². The Labute approximate surface area is 164 Å². The van der Waals surface area contributed by atoms with Crippen LogP contribution in [0, 0.1) is 23.7 Å². The first-order valence-corrected chi connectivity index (χ1v) is 10.9. The Bertz CT molecular complexity index is 570. The Morgan fingerprint density at radius 3 is 2.07 bits per heavy atom. The lowest BCUT2D eigenvalue weighted by Gasteiger charge is -2.31. The second kappa shape index (κ2) is 10.1. The number of hydrogen-bond acceptors (Lipinski definition) is 4. The minimum absolute atomic E-state index is 0.0448. The van der Waals surface area contributed by atoms with E-state index in [1.54, 1.807) is 25.4 Å². The molecule has 4 nitrogen and oxygen atoms in total. The number of ether oxygens (including phenoxy) is 2. The fourth-order valence-electron chi connectivity index (χ4n) is 4.83. The fraction of sp³-hybridized carbons (Fsp3) is 0.739. The van der Waals surface area contributed by atoms with Crippen LogP contribution >= 0.6 is 0 Å². The van der Waals surface area contributed by atoms with Gasteiger partial charge in [0.05, 0.1) is 19.2 Å². The lowest BCUT2D eigenvalue weighted by Crippen LogP contribution is -2.26. The first-order valence-electron chi connectivity index (χ1n) is 10.9. The molecule has 27 heavy (non-hydrogen) atoms. The molecule has 4 heteroatoms. The zero-order valence-corrected chi connectivity index (χ0v) is 17.0. The fourth-order valence-corrected chi connectivity index (χ4v) is 4.83. The van der Waals surface area contributed by atoms with Crippen LogP contribution in [0.1, 0.15) is 77.6 Å². The summed E-state index contributed by atoms with van der Waals surface area (Å²) in [6, 6.07) is 3.45. The predicted molar refractivity (Wildman–Crippen MR) is 107 cm³/mol. The van der Waals surface area contributed by atoms with Crippen molar-refractivity contribution >= 4 is 5.97 Å². The van der Waals surface area contributed by atoms with Crippen LogP contribution in [0.15, 0.2) is 18.3 Å². The molecule has 0 unspecified atom stereocenters. The third kappa shape index (κ3) is 5.95. The second-order valence-corrected chi connectivity index (χ2v) is 8.55. The number of rotatable bonds is 7. The molecule has 0 saturated heterocycles. The van der Waals surface area contributed by atoms with E-state index in [1.165, 1.54) is 57.8 Å². The van der Waals surface area contributed by atoms with Crippen LogP contribution in [-0.2, 0) is 4.79 Å². The van der Waals surface area contributed by atoms with Crippen molar-refractivity contribution in [1.82, 2.24) is 4.98 Å². The number of aromatic nitrogens is 1. The van der Waals surface area contributed by atoms with Gasteiger partial charge in [-0.3, -0.25) is 4.79 Å². The molecule has 150 valence electrons. The Hall–Kier alpha value is -1.58. The number of carbonyl (C=O) groups is 1. The molecule has 0 radical (unpaired) electrons. The van der Waals surface area contributed by atoms with Crippen molar-refractivity contribution in [3.8, 4) is 11.6 Å². The Morgan fingerprint density at radius 1 is 0.963 bits per heavy atom. The number of nitrogens with zero attached hydrogens (tertiary/aromatic N) is 1. The van der Waals surface area contributed by atoms with E-state index in [4.69, 9.17) is 9.47 Å². The van der Waals surface area contributed by atoms with Crippen molar-refractivity contribution in [1.29, 1.82) is 0 Å². The first kappa shape index (κ1) is 20.2. The molecular formula is C23H35NO3. The second-order valence-electron chi connectivity index (χ2n) is 8.55. The highest BCUT2D eigenvalue weighted by Crippen LogP contribution is 2.37. The van der Waals surface area contributed by atoms with Crippen molar-refractivity contribution in [2.75, 3.05) is 7.11 Å². The molecular weight excluding hydrogens is 338 g/mol. The molecule has 0 bridgehead atoms. The molecule has 2 saturated carbocycles.